The Bertz CT molecular complexity index is 577. The molecular weight excluding hydrogens is 286 g/mol. The van der Waals surface area contributed by atoms with Crippen LogP contribution in [0.25, 0.3) is 0 Å². The smallest absolute Gasteiger partial charge is 0.326 e. The number of aliphatic carboxylic acids is 1. The van der Waals surface area contributed by atoms with E-state index in [1.807, 2.05) is 0 Å². The predicted octanol–water partition coefficient (Wildman–Crippen LogP) is -0.947. The summed E-state index contributed by atoms with van der Waals surface area (Å²) in [7, 11) is 0. The predicted molar refractivity (Wildman–Crippen MR) is 71.3 cm³/mol. The Labute approximate surface area is 118 Å². The summed E-state index contributed by atoms with van der Waals surface area (Å²) in [6.07, 6.45) is -0.234. The second-order valence-electron chi connectivity index (χ2n) is 4.19. The molecule has 1 heterocycles. The van der Waals surface area contributed by atoms with Crippen molar-refractivity contribution in [1.82, 2.24) is 9.88 Å². The molecule has 0 fully saturated rings. The Kier molecular flexibility index (Phi) is 5.44. The quantitative estimate of drug-likeness (QED) is 0.597. The molecule has 1 aromatic heterocycles. The summed E-state index contributed by atoms with van der Waals surface area (Å²) in [4.78, 5) is 44.5. The van der Waals surface area contributed by atoms with Crippen molar-refractivity contribution in [2.45, 2.75) is 32.4 Å². The average Bonchev–Trinajstić information content (AvgIpc) is 2.65. The number of amides is 2. The minimum absolute atomic E-state index is 0.0894. The molecular formula is C11H15N3O5S. The summed E-state index contributed by atoms with van der Waals surface area (Å²) in [6.45, 7) is 1.42. The molecule has 0 aromatic carbocycles. The number of primary amides is 1. The molecule has 8 nitrogen and oxygen atoms in total. The second-order valence-corrected chi connectivity index (χ2v) is 5.01. The first kappa shape index (κ1) is 15.9. The van der Waals surface area contributed by atoms with Gasteiger partial charge in [-0.25, -0.2) is 4.79 Å². The number of carbonyl (C=O) groups excluding carboxylic acids is 2. The number of carbonyl (C=O) groups is 3. The maximum absolute atomic E-state index is 11.7. The Balaban J connectivity index is 2.65. The number of nitrogens with two attached hydrogens (primary N) is 1. The summed E-state index contributed by atoms with van der Waals surface area (Å²) >= 11 is 0.962. The van der Waals surface area contributed by atoms with Gasteiger partial charge in [-0.05, 0) is 13.3 Å². The van der Waals surface area contributed by atoms with Gasteiger partial charge in [0, 0.05) is 17.5 Å². The number of nitrogens with zero attached hydrogens (tertiary/aromatic N) is 1. The molecule has 0 aliphatic carbocycles. The van der Waals surface area contributed by atoms with Crippen LogP contribution in [0.3, 0.4) is 0 Å². The first-order valence-corrected chi connectivity index (χ1v) is 6.64. The first-order chi connectivity index (χ1) is 9.31. The van der Waals surface area contributed by atoms with Crippen LogP contribution in [0.4, 0.5) is 0 Å². The van der Waals surface area contributed by atoms with Gasteiger partial charge in [0.05, 0.1) is 0 Å². The molecule has 1 aromatic rings. The number of hydrogen-bond donors (Lipinski definition) is 3. The van der Waals surface area contributed by atoms with Crippen molar-refractivity contribution in [2.24, 2.45) is 5.73 Å². The van der Waals surface area contributed by atoms with Gasteiger partial charge in [0.15, 0.2) is 0 Å². The van der Waals surface area contributed by atoms with Crippen molar-refractivity contribution >= 4 is 29.1 Å². The van der Waals surface area contributed by atoms with E-state index < -0.39 is 23.8 Å². The van der Waals surface area contributed by atoms with Crippen LogP contribution >= 0.6 is 11.3 Å². The number of carboxylic acids is 1. The lowest BCUT2D eigenvalue weighted by atomic mass is 10.1. The number of hydrogen-bond acceptors (Lipinski definition) is 5. The van der Waals surface area contributed by atoms with Gasteiger partial charge in [-0.2, -0.15) is 0 Å². The van der Waals surface area contributed by atoms with Crippen molar-refractivity contribution in [1.29, 1.82) is 0 Å². The topological polar surface area (TPSA) is 131 Å². The van der Waals surface area contributed by atoms with Gasteiger partial charge in [0.2, 0.25) is 11.8 Å². The maximum Gasteiger partial charge on any atom is 0.326 e. The van der Waals surface area contributed by atoms with E-state index in [1.54, 1.807) is 12.3 Å². The third-order valence-corrected chi connectivity index (χ3v) is 3.47. The molecule has 110 valence electrons. The first-order valence-electron chi connectivity index (χ1n) is 5.76. The van der Waals surface area contributed by atoms with E-state index >= 15 is 0 Å². The highest BCUT2D eigenvalue weighted by atomic mass is 32.1. The van der Waals surface area contributed by atoms with E-state index in [2.05, 4.69) is 5.32 Å². The fourth-order valence-corrected chi connectivity index (χ4v) is 2.26. The summed E-state index contributed by atoms with van der Waals surface area (Å²) in [6, 6.07) is -1.20. The van der Waals surface area contributed by atoms with E-state index in [9.17, 15) is 19.2 Å². The lowest BCUT2D eigenvalue weighted by Crippen LogP contribution is -2.43. The zero-order chi connectivity index (χ0) is 15.3. The fourth-order valence-electron chi connectivity index (χ4n) is 1.52. The number of thiazole rings is 1. The molecule has 0 spiro atoms. The molecule has 0 saturated heterocycles. The summed E-state index contributed by atoms with van der Waals surface area (Å²) in [5, 5.41) is 12.8. The molecule has 0 aliphatic heterocycles. The largest absolute Gasteiger partial charge is 0.480 e. The van der Waals surface area contributed by atoms with E-state index in [0.29, 0.717) is 5.69 Å². The molecule has 0 radical (unpaired) electrons. The Morgan fingerprint density at radius 3 is 2.60 bits per heavy atom. The number of nitrogens with one attached hydrogen (secondary N) is 1. The van der Waals surface area contributed by atoms with Crippen molar-refractivity contribution in [3.8, 4) is 0 Å². The van der Waals surface area contributed by atoms with Crippen molar-refractivity contribution in [3.05, 3.63) is 20.7 Å². The van der Waals surface area contributed by atoms with Crippen LogP contribution < -0.4 is 15.9 Å². The van der Waals surface area contributed by atoms with Crippen LogP contribution in [0.5, 0.6) is 0 Å². The molecule has 1 atom stereocenters. The lowest BCUT2D eigenvalue weighted by Gasteiger charge is -2.14. The van der Waals surface area contributed by atoms with Crippen LogP contribution in [0.1, 0.15) is 18.5 Å². The normalized spacial score (nSPS) is 11.8. The molecule has 0 aliphatic rings. The molecule has 1 rings (SSSR count). The molecule has 0 saturated carbocycles. The van der Waals surface area contributed by atoms with Crippen molar-refractivity contribution in [3.63, 3.8) is 0 Å². The minimum Gasteiger partial charge on any atom is -0.480 e. The van der Waals surface area contributed by atoms with Crippen molar-refractivity contribution in [2.75, 3.05) is 0 Å². The van der Waals surface area contributed by atoms with E-state index in [0.717, 1.165) is 11.3 Å². The molecule has 0 unspecified atom stereocenters. The number of aromatic nitrogens is 1. The summed E-state index contributed by atoms with van der Waals surface area (Å²) in [5.41, 5.74) is 5.56. The van der Waals surface area contributed by atoms with Gasteiger partial charge in [-0.15, -0.1) is 0 Å². The molecule has 20 heavy (non-hydrogen) atoms. The number of aryl methyl sites for hydroxylation is 1. The number of rotatable bonds is 7. The third kappa shape index (κ3) is 4.50. The third-order valence-electron chi connectivity index (χ3n) is 2.59. The highest BCUT2D eigenvalue weighted by molar-refractivity contribution is 7.07. The second kappa shape index (κ2) is 6.85. The van der Waals surface area contributed by atoms with E-state index in [1.165, 1.54) is 4.57 Å². The Morgan fingerprint density at radius 2 is 2.15 bits per heavy atom. The summed E-state index contributed by atoms with van der Waals surface area (Å²) in [5.74, 6) is -2.50. The lowest BCUT2D eigenvalue weighted by molar-refractivity contribution is -0.142. The van der Waals surface area contributed by atoms with E-state index in [-0.39, 0.29) is 24.3 Å². The van der Waals surface area contributed by atoms with Crippen LogP contribution in [-0.2, 0) is 20.9 Å². The van der Waals surface area contributed by atoms with Gasteiger partial charge in [-0.1, -0.05) is 11.3 Å². The van der Waals surface area contributed by atoms with Crippen molar-refractivity contribution < 1.29 is 19.5 Å². The molecule has 0 bridgehead atoms. The Hall–Kier alpha value is -2.16. The van der Waals surface area contributed by atoms with Gasteiger partial charge in [0.1, 0.15) is 12.6 Å². The molecule has 2 amide bonds. The zero-order valence-corrected chi connectivity index (χ0v) is 11.6. The highest BCUT2D eigenvalue weighted by Crippen LogP contribution is 2.01. The highest BCUT2D eigenvalue weighted by Gasteiger charge is 2.21. The minimum atomic E-state index is -1.26. The van der Waals surface area contributed by atoms with Crippen LogP contribution in [-0.4, -0.2) is 33.5 Å². The average molecular weight is 301 g/mol. The molecule has 9 heteroatoms. The van der Waals surface area contributed by atoms with E-state index in [4.69, 9.17) is 10.8 Å². The summed E-state index contributed by atoms with van der Waals surface area (Å²) < 4.78 is 1.24. The van der Waals surface area contributed by atoms with Gasteiger partial charge >= 0.3 is 10.8 Å². The fraction of sp³-hybridized carbons (Fsp3) is 0.455. The van der Waals surface area contributed by atoms with Gasteiger partial charge in [-0.3, -0.25) is 19.0 Å². The number of carboxylic acid groups (broad SMARTS) is 1. The SMILES string of the molecule is Cc1csc(=O)n1CC(=O)N[C@@H](CCC(N)=O)C(=O)O. The van der Waals surface area contributed by atoms with Gasteiger partial charge in [0.25, 0.3) is 0 Å². The van der Waals surface area contributed by atoms with Crippen LogP contribution in [0.15, 0.2) is 10.2 Å². The molecule has 4 N–H and O–H groups in total. The standard InChI is InChI=1S/C11H15N3O5S/c1-6-5-20-11(19)14(6)4-9(16)13-7(10(17)18)2-3-8(12)15/h5,7H,2-4H2,1H3,(H2,12,15)(H,13,16)(H,17,18)/t7-/m0/s1. The maximum atomic E-state index is 11.7. The Morgan fingerprint density at radius 1 is 1.50 bits per heavy atom. The van der Waals surface area contributed by atoms with Gasteiger partial charge < -0.3 is 16.2 Å². The van der Waals surface area contributed by atoms with Crippen LogP contribution in [0, 0.1) is 6.92 Å². The van der Waals surface area contributed by atoms with Crippen LogP contribution in [0.2, 0.25) is 0 Å². The zero-order valence-electron chi connectivity index (χ0n) is 10.8. The monoisotopic (exact) mass is 301 g/mol.